The van der Waals surface area contributed by atoms with Gasteiger partial charge in [-0.25, -0.2) is 0 Å². The Morgan fingerprint density at radius 1 is 1.17 bits per heavy atom. The highest BCUT2D eigenvalue weighted by Gasteiger charge is 2.27. The van der Waals surface area contributed by atoms with Crippen LogP contribution in [-0.2, 0) is 4.79 Å². The summed E-state index contributed by atoms with van der Waals surface area (Å²) in [6, 6.07) is 5.44. The van der Waals surface area contributed by atoms with E-state index in [0.717, 1.165) is 31.7 Å². The predicted molar refractivity (Wildman–Crippen MR) is 93.8 cm³/mol. The molecular weight excluding hydrogens is 304 g/mol. The maximum atomic E-state index is 12.3. The highest BCUT2D eigenvalue weighted by Crippen LogP contribution is 2.33. The summed E-state index contributed by atoms with van der Waals surface area (Å²) in [4.78, 5) is 28.7. The number of benzene rings is 1. The van der Waals surface area contributed by atoms with Crippen molar-refractivity contribution in [2.45, 2.75) is 39.0 Å². The van der Waals surface area contributed by atoms with E-state index in [1.54, 1.807) is 11.0 Å². The number of Topliss-reactive ketones (excluding diaryl/α,β-unsaturated/α-hetero) is 1. The van der Waals surface area contributed by atoms with Crippen LogP contribution >= 0.6 is 0 Å². The number of hydrogen-bond acceptors (Lipinski definition) is 4. The highest BCUT2D eigenvalue weighted by atomic mass is 16.5. The molecule has 0 aliphatic carbocycles. The number of ether oxygens (including phenoxy) is 1. The molecule has 5 heteroatoms. The Balaban J connectivity index is 1.76. The largest absolute Gasteiger partial charge is 0.482 e. The first kappa shape index (κ1) is 17.0. The van der Waals surface area contributed by atoms with Gasteiger partial charge < -0.3 is 14.5 Å². The molecule has 1 amide bonds. The van der Waals surface area contributed by atoms with Crippen LogP contribution in [0, 0.1) is 0 Å². The third-order valence-corrected chi connectivity index (χ3v) is 4.79. The van der Waals surface area contributed by atoms with Crippen LogP contribution in [0.15, 0.2) is 18.2 Å². The lowest BCUT2D eigenvalue weighted by atomic mass is 10.0. The number of hydrogen-bond donors (Lipinski definition) is 0. The maximum Gasteiger partial charge on any atom is 0.265 e. The van der Waals surface area contributed by atoms with E-state index in [4.69, 9.17) is 4.74 Å². The SMILES string of the molecule is CCCC(=O)c1ccc2c(c1)N(CCN1CCCCC1)C(=O)CO2. The van der Waals surface area contributed by atoms with Crippen molar-refractivity contribution >= 4 is 17.4 Å². The van der Waals surface area contributed by atoms with Crippen molar-refractivity contribution < 1.29 is 14.3 Å². The summed E-state index contributed by atoms with van der Waals surface area (Å²) in [5, 5.41) is 0. The summed E-state index contributed by atoms with van der Waals surface area (Å²) in [5.74, 6) is 0.787. The van der Waals surface area contributed by atoms with Crippen molar-refractivity contribution in [3.05, 3.63) is 23.8 Å². The summed E-state index contributed by atoms with van der Waals surface area (Å²) in [5.41, 5.74) is 1.40. The summed E-state index contributed by atoms with van der Waals surface area (Å²) in [7, 11) is 0. The zero-order valence-electron chi connectivity index (χ0n) is 14.4. The summed E-state index contributed by atoms with van der Waals surface area (Å²) in [6.45, 7) is 5.82. The zero-order chi connectivity index (χ0) is 16.9. The van der Waals surface area contributed by atoms with E-state index in [1.807, 2.05) is 19.1 Å². The molecule has 1 fully saturated rings. The Morgan fingerprint density at radius 2 is 1.96 bits per heavy atom. The number of likely N-dealkylation sites (tertiary alicyclic amines) is 1. The van der Waals surface area contributed by atoms with Gasteiger partial charge in [-0.15, -0.1) is 0 Å². The Bertz CT molecular complexity index is 609. The first-order chi connectivity index (χ1) is 11.7. The van der Waals surface area contributed by atoms with Gasteiger partial charge in [0, 0.05) is 25.1 Å². The van der Waals surface area contributed by atoms with Crippen molar-refractivity contribution in [2.75, 3.05) is 37.7 Å². The highest BCUT2D eigenvalue weighted by molar-refractivity contribution is 6.01. The number of ketones is 1. The van der Waals surface area contributed by atoms with E-state index in [1.165, 1.54) is 19.3 Å². The number of carbonyl (C=O) groups is 2. The smallest absolute Gasteiger partial charge is 0.265 e. The van der Waals surface area contributed by atoms with Gasteiger partial charge >= 0.3 is 0 Å². The predicted octanol–water partition coefficient (Wildman–Crippen LogP) is 2.88. The quantitative estimate of drug-likeness (QED) is 0.753. The Hall–Kier alpha value is -1.88. The molecule has 1 saturated heterocycles. The number of fused-ring (bicyclic) bond motifs is 1. The first-order valence-corrected chi connectivity index (χ1v) is 9.02. The molecule has 0 atom stereocenters. The topological polar surface area (TPSA) is 49.9 Å². The first-order valence-electron chi connectivity index (χ1n) is 9.02. The summed E-state index contributed by atoms with van der Waals surface area (Å²) in [6.07, 6.45) is 5.14. The second kappa shape index (κ2) is 7.79. The van der Waals surface area contributed by atoms with Gasteiger partial charge in [-0.2, -0.15) is 0 Å². The van der Waals surface area contributed by atoms with E-state index < -0.39 is 0 Å². The molecule has 0 aromatic heterocycles. The van der Waals surface area contributed by atoms with Crippen LogP contribution in [0.2, 0.25) is 0 Å². The molecule has 1 aromatic carbocycles. The van der Waals surface area contributed by atoms with Gasteiger partial charge in [0.15, 0.2) is 12.4 Å². The lowest BCUT2D eigenvalue weighted by Crippen LogP contribution is -2.44. The van der Waals surface area contributed by atoms with Crippen molar-refractivity contribution in [3.8, 4) is 5.75 Å². The Morgan fingerprint density at radius 3 is 2.71 bits per heavy atom. The Labute approximate surface area is 143 Å². The van der Waals surface area contributed by atoms with Crippen LogP contribution in [0.5, 0.6) is 5.75 Å². The summed E-state index contributed by atoms with van der Waals surface area (Å²) >= 11 is 0. The minimum Gasteiger partial charge on any atom is -0.482 e. The molecule has 2 heterocycles. The standard InChI is InChI=1S/C19H26N2O3/c1-2-6-17(22)15-7-8-18-16(13-15)21(19(23)14-24-18)12-11-20-9-4-3-5-10-20/h7-8,13H,2-6,9-12,14H2,1H3. The van der Waals surface area contributed by atoms with Gasteiger partial charge in [0.1, 0.15) is 5.75 Å². The number of anilines is 1. The fourth-order valence-electron chi connectivity index (χ4n) is 3.42. The van der Waals surface area contributed by atoms with Gasteiger partial charge in [0.25, 0.3) is 5.91 Å². The molecule has 0 bridgehead atoms. The fraction of sp³-hybridized carbons (Fsp3) is 0.579. The number of nitrogens with zero attached hydrogens (tertiary/aromatic N) is 2. The molecule has 3 rings (SSSR count). The Kier molecular flexibility index (Phi) is 5.51. The monoisotopic (exact) mass is 330 g/mol. The lowest BCUT2D eigenvalue weighted by Gasteiger charge is -2.33. The molecule has 0 radical (unpaired) electrons. The number of amides is 1. The zero-order valence-corrected chi connectivity index (χ0v) is 14.4. The average molecular weight is 330 g/mol. The van der Waals surface area contributed by atoms with Crippen molar-refractivity contribution in [1.29, 1.82) is 0 Å². The molecule has 2 aliphatic heterocycles. The molecule has 24 heavy (non-hydrogen) atoms. The third kappa shape index (κ3) is 3.78. The van der Waals surface area contributed by atoms with Gasteiger partial charge in [-0.3, -0.25) is 9.59 Å². The van der Waals surface area contributed by atoms with Crippen LogP contribution in [0.1, 0.15) is 49.4 Å². The average Bonchev–Trinajstić information content (AvgIpc) is 2.61. The van der Waals surface area contributed by atoms with Crippen molar-refractivity contribution in [1.82, 2.24) is 4.90 Å². The molecule has 0 spiro atoms. The molecule has 0 saturated carbocycles. The fourth-order valence-corrected chi connectivity index (χ4v) is 3.42. The van der Waals surface area contributed by atoms with E-state index in [2.05, 4.69) is 4.90 Å². The van der Waals surface area contributed by atoms with Crippen molar-refractivity contribution in [2.24, 2.45) is 0 Å². The summed E-state index contributed by atoms with van der Waals surface area (Å²) < 4.78 is 5.54. The third-order valence-electron chi connectivity index (χ3n) is 4.79. The van der Waals surface area contributed by atoms with E-state index in [9.17, 15) is 9.59 Å². The number of rotatable bonds is 6. The molecule has 5 nitrogen and oxygen atoms in total. The maximum absolute atomic E-state index is 12.3. The van der Waals surface area contributed by atoms with E-state index in [0.29, 0.717) is 24.3 Å². The normalized spacial score (nSPS) is 18.2. The van der Waals surface area contributed by atoms with Crippen LogP contribution in [-0.4, -0.2) is 49.4 Å². The van der Waals surface area contributed by atoms with Crippen LogP contribution in [0.3, 0.4) is 0 Å². The number of piperidine rings is 1. The second-order valence-electron chi connectivity index (χ2n) is 6.59. The minimum atomic E-state index is -0.0281. The van der Waals surface area contributed by atoms with Gasteiger partial charge in [0.05, 0.1) is 5.69 Å². The van der Waals surface area contributed by atoms with E-state index >= 15 is 0 Å². The molecule has 0 unspecified atom stereocenters. The molecule has 1 aromatic rings. The molecule has 2 aliphatic rings. The van der Waals surface area contributed by atoms with E-state index in [-0.39, 0.29) is 18.3 Å². The number of carbonyl (C=O) groups excluding carboxylic acids is 2. The van der Waals surface area contributed by atoms with Crippen molar-refractivity contribution in [3.63, 3.8) is 0 Å². The second-order valence-corrected chi connectivity index (χ2v) is 6.59. The van der Waals surface area contributed by atoms with Crippen LogP contribution in [0.25, 0.3) is 0 Å². The molecule has 0 N–H and O–H groups in total. The van der Waals surface area contributed by atoms with Crippen LogP contribution in [0.4, 0.5) is 5.69 Å². The van der Waals surface area contributed by atoms with Gasteiger partial charge in [-0.1, -0.05) is 13.3 Å². The van der Waals surface area contributed by atoms with Gasteiger partial charge in [-0.05, 0) is 50.6 Å². The van der Waals surface area contributed by atoms with Gasteiger partial charge in [0.2, 0.25) is 0 Å². The van der Waals surface area contributed by atoms with Crippen LogP contribution < -0.4 is 9.64 Å². The minimum absolute atomic E-state index is 0.0281. The molecular formula is C19H26N2O3. The molecule has 130 valence electrons. The lowest BCUT2D eigenvalue weighted by molar-refractivity contribution is -0.121.